The van der Waals surface area contributed by atoms with E-state index >= 15 is 0 Å². The minimum atomic E-state index is 0.132. The van der Waals surface area contributed by atoms with Crippen molar-refractivity contribution in [2.45, 2.75) is 33.2 Å². The molecule has 0 saturated heterocycles. The zero-order chi connectivity index (χ0) is 10.7. The summed E-state index contributed by atoms with van der Waals surface area (Å²) in [4.78, 5) is 0. The summed E-state index contributed by atoms with van der Waals surface area (Å²) in [5.41, 5.74) is 8.50. The third-order valence-electron chi connectivity index (χ3n) is 2.36. The first kappa shape index (κ1) is 11.5. The Morgan fingerprint density at radius 3 is 2.50 bits per heavy atom. The monoisotopic (exact) mass is 211 g/mol. The highest BCUT2D eigenvalue weighted by molar-refractivity contribution is 6.30. The molecule has 1 atom stereocenters. The molecule has 0 bridgehead atoms. The minimum Gasteiger partial charge on any atom is -0.324 e. The van der Waals surface area contributed by atoms with Crippen molar-refractivity contribution in [2.75, 3.05) is 0 Å². The van der Waals surface area contributed by atoms with Gasteiger partial charge in [0.15, 0.2) is 0 Å². The Hall–Kier alpha value is -0.530. The van der Waals surface area contributed by atoms with Gasteiger partial charge in [0.1, 0.15) is 0 Å². The van der Waals surface area contributed by atoms with Crippen molar-refractivity contribution in [3.05, 3.63) is 34.3 Å². The number of halogens is 1. The van der Waals surface area contributed by atoms with Gasteiger partial charge in [0.2, 0.25) is 0 Å². The molecule has 0 unspecified atom stereocenters. The topological polar surface area (TPSA) is 26.0 Å². The van der Waals surface area contributed by atoms with Crippen LogP contribution >= 0.6 is 11.6 Å². The van der Waals surface area contributed by atoms with Gasteiger partial charge >= 0.3 is 0 Å². The highest BCUT2D eigenvalue weighted by Crippen LogP contribution is 2.24. The molecule has 78 valence electrons. The average Bonchev–Trinajstić information content (AvgIpc) is 2.01. The lowest BCUT2D eigenvalue weighted by Gasteiger charge is -2.16. The quantitative estimate of drug-likeness (QED) is 0.811. The standard InChI is InChI=1S/C12H18ClN/c1-8(2)6-12(14)11-5-4-10(13)7-9(11)3/h4-5,7-8,12H,6,14H2,1-3H3/t12-/m1/s1. The Morgan fingerprint density at radius 2 is 2.00 bits per heavy atom. The molecule has 1 nitrogen and oxygen atoms in total. The van der Waals surface area contributed by atoms with E-state index in [-0.39, 0.29) is 6.04 Å². The number of benzene rings is 1. The molecule has 0 spiro atoms. The van der Waals surface area contributed by atoms with Crippen LogP contribution in [0.4, 0.5) is 0 Å². The third kappa shape index (κ3) is 3.00. The lowest BCUT2D eigenvalue weighted by molar-refractivity contribution is 0.508. The van der Waals surface area contributed by atoms with E-state index in [2.05, 4.69) is 20.8 Å². The Kier molecular flexibility index (Phi) is 3.97. The predicted octanol–water partition coefficient (Wildman–Crippen LogP) is 3.69. The molecule has 1 aromatic carbocycles. The van der Waals surface area contributed by atoms with Crippen molar-refractivity contribution in [2.24, 2.45) is 11.7 Å². The Balaban J connectivity index is 2.84. The van der Waals surface area contributed by atoms with Gasteiger partial charge in [-0.25, -0.2) is 0 Å². The number of nitrogens with two attached hydrogens (primary N) is 1. The molecular weight excluding hydrogens is 194 g/mol. The summed E-state index contributed by atoms with van der Waals surface area (Å²) in [6.45, 7) is 6.43. The van der Waals surface area contributed by atoms with E-state index in [4.69, 9.17) is 17.3 Å². The second-order valence-corrected chi connectivity index (χ2v) is 4.67. The van der Waals surface area contributed by atoms with Crippen molar-refractivity contribution in [1.82, 2.24) is 0 Å². The van der Waals surface area contributed by atoms with E-state index in [0.717, 1.165) is 11.4 Å². The molecule has 1 rings (SSSR count). The van der Waals surface area contributed by atoms with Gasteiger partial charge in [0, 0.05) is 11.1 Å². The summed E-state index contributed by atoms with van der Waals surface area (Å²) in [7, 11) is 0. The Labute approximate surface area is 91.3 Å². The largest absolute Gasteiger partial charge is 0.324 e. The van der Waals surface area contributed by atoms with Gasteiger partial charge in [-0.2, -0.15) is 0 Å². The van der Waals surface area contributed by atoms with Crippen molar-refractivity contribution >= 4 is 11.6 Å². The van der Waals surface area contributed by atoms with Crippen LogP contribution in [0.2, 0.25) is 5.02 Å². The molecule has 0 aliphatic heterocycles. The molecule has 1 aromatic rings. The maximum absolute atomic E-state index is 6.10. The molecule has 2 N–H and O–H groups in total. The van der Waals surface area contributed by atoms with Crippen molar-refractivity contribution in [3.8, 4) is 0 Å². The fraction of sp³-hybridized carbons (Fsp3) is 0.500. The first-order chi connectivity index (χ1) is 6.50. The van der Waals surface area contributed by atoms with Crippen LogP contribution in [-0.2, 0) is 0 Å². The molecule has 0 saturated carbocycles. The third-order valence-corrected chi connectivity index (χ3v) is 2.59. The van der Waals surface area contributed by atoms with Gasteiger partial charge in [-0.3, -0.25) is 0 Å². The lowest BCUT2D eigenvalue weighted by Crippen LogP contribution is -2.14. The summed E-state index contributed by atoms with van der Waals surface area (Å²) in [6.07, 6.45) is 1.02. The number of hydrogen-bond acceptors (Lipinski definition) is 1. The summed E-state index contributed by atoms with van der Waals surface area (Å²) < 4.78 is 0. The summed E-state index contributed by atoms with van der Waals surface area (Å²) in [5.74, 6) is 0.625. The van der Waals surface area contributed by atoms with Gasteiger partial charge in [-0.15, -0.1) is 0 Å². The van der Waals surface area contributed by atoms with Crippen molar-refractivity contribution < 1.29 is 0 Å². The molecule has 0 radical (unpaired) electrons. The van der Waals surface area contributed by atoms with Crippen LogP contribution in [0.15, 0.2) is 18.2 Å². The Morgan fingerprint density at radius 1 is 1.36 bits per heavy atom. The van der Waals surface area contributed by atoms with Crippen LogP contribution in [-0.4, -0.2) is 0 Å². The number of aryl methyl sites for hydroxylation is 1. The van der Waals surface area contributed by atoms with E-state index in [0.29, 0.717) is 5.92 Å². The van der Waals surface area contributed by atoms with Crippen LogP contribution < -0.4 is 5.73 Å². The molecule has 14 heavy (non-hydrogen) atoms. The number of hydrogen-bond donors (Lipinski definition) is 1. The highest BCUT2D eigenvalue weighted by atomic mass is 35.5. The van der Waals surface area contributed by atoms with Gasteiger partial charge in [-0.05, 0) is 42.5 Å². The zero-order valence-electron chi connectivity index (χ0n) is 9.05. The van der Waals surface area contributed by atoms with E-state index in [9.17, 15) is 0 Å². The van der Waals surface area contributed by atoms with Gasteiger partial charge in [0.25, 0.3) is 0 Å². The number of rotatable bonds is 3. The van der Waals surface area contributed by atoms with E-state index in [1.165, 1.54) is 11.1 Å². The van der Waals surface area contributed by atoms with E-state index in [1.54, 1.807) is 0 Å². The van der Waals surface area contributed by atoms with Crippen LogP contribution in [0, 0.1) is 12.8 Å². The van der Waals surface area contributed by atoms with E-state index < -0.39 is 0 Å². The molecule has 0 fully saturated rings. The van der Waals surface area contributed by atoms with Gasteiger partial charge in [0.05, 0.1) is 0 Å². The summed E-state index contributed by atoms with van der Waals surface area (Å²) in [5, 5.41) is 0.781. The first-order valence-corrected chi connectivity index (χ1v) is 5.40. The van der Waals surface area contributed by atoms with Crippen molar-refractivity contribution in [1.29, 1.82) is 0 Å². The second kappa shape index (κ2) is 4.81. The lowest BCUT2D eigenvalue weighted by atomic mass is 9.95. The zero-order valence-corrected chi connectivity index (χ0v) is 9.81. The molecule has 2 heteroatoms. The Bertz CT molecular complexity index is 307. The molecule has 0 aliphatic rings. The first-order valence-electron chi connectivity index (χ1n) is 5.02. The molecule has 0 amide bonds. The molecular formula is C12H18ClN. The SMILES string of the molecule is Cc1cc(Cl)ccc1[C@H](N)CC(C)C. The van der Waals surface area contributed by atoms with E-state index in [1.807, 2.05) is 18.2 Å². The predicted molar refractivity (Wildman–Crippen MR) is 62.6 cm³/mol. The van der Waals surface area contributed by atoms with Crippen LogP contribution in [0.25, 0.3) is 0 Å². The highest BCUT2D eigenvalue weighted by Gasteiger charge is 2.10. The van der Waals surface area contributed by atoms with Gasteiger partial charge < -0.3 is 5.73 Å². The molecule has 0 aliphatic carbocycles. The maximum atomic E-state index is 6.10. The van der Waals surface area contributed by atoms with Crippen LogP contribution in [0.1, 0.15) is 37.4 Å². The van der Waals surface area contributed by atoms with Crippen LogP contribution in [0.5, 0.6) is 0 Å². The van der Waals surface area contributed by atoms with Crippen LogP contribution in [0.3, 0.4) is 0 Å². The fourth-order valence-electron chi connectivity index (χ4n) is 1.69. The summed E-state index contributed by atoms with van der Waals surface area (Å²) >= 11 is 5.89. The average molecular weight is 212 g/mol. The maximum Gasteiger partial charge on any atom is 0.0408 e. The van der Waals surface area contributed by atoms with Crippen molar-refractivity contribution in [3.63, 3.8) is 0 Å². The second-order valence-electron chi connectivity index (χ2n) is 4.24. The fourth-order valence-corrected chi connectivity index (χ4v) is 1.92. The molecule has 0 aromatic heterocycles. The van der Waals surface area contributed by atoms with Gasteiger partial charge in [-0.1, -0.05) is 31.5 Å². The normalized spacial score (nSPS) is 13.3. The molecule has 0 heterocycles. The smallest absolute Gasteiger partial charge is 0.0408 e. The summed E-state index contributed by atoms with van der Waals surface area (Å²) in [6, 6.07) is 6.04. The minimum absolute atomic E-state index is 0.132.